The van der Waals surface area contributed by atoms with Crippen LogP contribution in [0.4, 0.5) is 0 Å². The summed E-state index contributed by atoms with van der Waals surface area (Å²) >= 11 is 0. The van der Waals surface area contributed by atoms with E-state index in [1.165, 1.54) is 25.9 Å². The lowest BCUT2D eigenvalue weighted by Crippen LogP contribution is -2.46. The molecule has 3 saturated heterocycles. The van der Waals surface area contributed by atoms with Crippen LogP contribution in [0.25, 0.3) is 0 Å². The molecule has 2 bridgehead atoms. The van der Waals surface area contributed by atoms with Crippen molar-refractivity contribution in [2.24, 2.45) is 11.8 Å². The van der Waals surface area contributed by atoms with E-state index in [-0.39, 0.29) is 12.4 Å². The molecule has 1 atom stereocenters. The summed E-state index contributed by atoms with van der Waals surface area (Å²) in [6.07, 6.45) is 6.90. The molecule has 1 N–H and O–H groups in total. The number of rotatable bonds is 4. The zero-order valence-corrected chi connectivity index (χ0v) is 15.2. The van der Waals surface area contributed by atoms with Crippen LogP contribution in [-0.4, -0.2) is 29.6 Å². The normalized spacial score (nSPS) is 25.7. The van der Waals surface area contributed by atoms with Crippen LogP contribution in [0, 0.1) is 11.8 Å². The van der Waals surface area contributed by atoms with Gasteiger partial charge in [-0.25, -0.2) is 0 Å². The molecule has 25 heavy (non-hydrogen) atoms. The lowest BCUT2D eigenvalue weighted by atomic mass is 9.77. The Bertz CT molecular complexity index is 653. The lowest BCUT2D eigenvalue weighted by Gasteiger charge is -2.44. The minimum atomic E-state index is -1.06. The minimum Gasteiger partial charge on any atom is -0.377 e. The van der Waals surface area contributed by atoms with Gasteiger partial charge in [-0.3, -0.25) is 0 Å². The molecule has 3 aliphatic rings. The Morgan fingerprint density at radius 1 is 0.880 bits per heavy atom. The van der Waals surface area contributed by atoms with Gasteiger partial charge in [0.2, 0.25) is 0 Å². The molecule has 0 aliphatic carbocycles. The highest BCUT2D eigenvalue weighted by Crippen LogP contribution is 2.36. The number of fused-ring (bicyclic) bond motifs is 3. The summed E-state index contributed by atoms with van der Waals surface area (Å²) in [5.41, 5.74) is 0.789. The first-order chi connectivity index (χ1) is 11.8. The molecule has 1 unspecified atom stereocenters. The SMILES string of the molecule is Cl.OC(/C=C/C1CN2CCC1CC2)(c1ccccc1)c1ccccc1. The van der Waals surface area contributed by atoms with E-state index < -0.39 is 5.60 Å². The summed E-state index contributed by atoms with van der Waals surface area (Å²) in [7, 11) is 0. The predicted octanol–water partition coefficient (Wildman–Crippen LogP) is 4.24. The third-order valence-electron chi connectivity index (χ3n) is 5.72. The van der Waals surface area contributed by atoms with E-state index in [0.717, 1.165) is 23.6 Å². The molecule has 0 saturated carbocycles. The maximum absolute atomic E-state index is 11.6. The highest BCUT2D eigenvalue weighted by molar-refractivity contribution is 5.85. The molecule has 2 nitrogen and oxygen atoms in total. The second-order valence-corrected chi connectivity index (χ2v) is 7.16. The van der Waals surface area contributed by atoms with Gasteiger partial charge in [0.25, 0.3) is 0 Å². The van der Waals surface area contributed by atoms with E-state index >= 15 is 0 Å². The third kappa shape index (κ3) is 3.67. The molecule has 3 heteroatoms. The van der Waals surface area contributed by atoms with Gasteiger partial charge in [0.1, 0.15) is 5.60 Å². The summed E-state index contributed by atoms with van der Waals surface area (Å²) in [6, 6.07) is 20.0. The smallest absolute Gasteiger partial charge is 0.133 e. The fourth-order valence-electron chi connectivity index (χ4n) is 4.24. The van der Waals surface area contributed by atoms with Crippen LogP contribution in [0.15, 0.2) is 72.8 Å². The van der Waals surface area contributed by atoms with E-state index in [9.17, 15) is 5.11 Å². The van der Waals surface area contributed by atoms with Gasteiger partial charge in [-0.05, 0) is 55.0 Å². The van der Waals surface area contributed by atoms with Crippen LogP contribution in [0.5, 0.6) is 0 Å². The topological polar surface area (TPSA) is 23.5 Å². The van der Waals surface area contributed by atoms with Crippen molar-refractivity contribution in [2.75, 3.05) is 19.6 Å². The number of piperidine rings is 3. The lowest BCUT2D eigenvalue weighted by molar-refractivity contribution is 0.0715. The van der Waals surface area contributed by atoms with Gasteiger partial charge in [-0.15, -0.1) is 12.4 Å². The summed E-state index contributed by atoms with van der Waals surface area (Å²) in [4.78, 5) is 2.55. The summed E-state index contributed by atoms with van der Waals surface area (Å²) in [5.74, 6) is 1.34. The van der Waals surface area contributed by atoms with E-state index in [1.807, 2.05) is 66.7 Å². The number of hydrogen-bond donors (Lipinski definition) is 1. The van der Waals surface area contributed by atoms with Crippen molar-refractivity contribution in [3.8, 4) is 0 Å². The molecule has 0 spiro atoms. The van der Waals surface area contributed by atoms with Crippen molar-refractivity contribution in [1.82, 2.24) is 4.90 Å². The Hall–Kier alpha value is -1.61. The van der Waals surface area contributed by atoms with Crippen LogP contribution in [0.1, 0.15) is 24.0 Å². The van der Waals surface area contributed by atoms with Crippen LogP contribution >= 0.6 is 12.4 Å². The number of halogens is 1. The molecule has 0 aromatic heterocycles. The molecule has 3 aliphatic heterocycles. The maximum atomic E-state index is 11.6. The van der Waals surface area contributed by atoms with Crippen molar-refractivity contribution in [2.45, 2.75) is 18.4 Å². The second-order valence-electron chi connectivity index (χ2n) is 7.16. The molecule has 2 aromatic rings. The average molecular weight is 356 g/mol. The standard InChI is InChI=1S/C22H25NO.ClH/c24-22(20-7-3-1-4-8-20,21-9-5-2-6-10-21)14-11-19-17-23-15-12-18(19)13-16-23;/h1-11,14,18-19,24H,12-13,15-17H2;1H/b14-11+;. The Kier molecular flexibility index (Phi) is 5.63. The predicted molar refractivity (Wildman–Crippen MR) is 105 cm³/mol. The first-order valence-electron chi connectivity index (χ1n) is 9.01. The van der Waals surface area contributed by atoms with Crippen molar-refractivity contribution in [1.29, 1.82) is 0 Å². The monoisotopic (exact) mass is 355 g/mol. The quantitative estimate of drug-likeness (QED) is 0.829. The van der Waals surface area contributed by atoms with E-state index in [0.29, 0.717) is 5.92 Å². The number of hydrogen-bond acceptors (Lipinski definition) is 2. The maximum Gasteiger partial charge on any atom is 0.133 e. The molecule has 132 valence electrons. The summed E-state index contributed by atoms with van der Waals surface area (Å²) in [6.45, 7) is 3.63. The molecular formula is C22H26ClNO. The van der Waals surface area contributed by atoms with E-state index in [1.54, 1.807) is 0 Å². The second kappa shape index (κ2) is 7.74. The first kappa shape index (κ1) is 18.2. The van der Waals surface area contributed by atoms with Gasteiger partial charge in [-0.1, -0.05) is 66.7 Å². The van der Waals surface area contributed by atoms with Gasteiger partial charge < -0.3 is 10.0 Å². The van der Waals surface area contributed by atoms with Crippen LogP contribution in [0.3, 0.4) is 0 Å². The Morgan fingerprint density at radius 3 is 1.84 bits per heavy atom. The van der Waals surface area contributed by atoms with Gasteiger partial charge >= 0.3 is 0 Å². The highest BCUT2D eigenvalue weighted by atomic mass is 35.5. The zero-order valence-electron chi connectivity index (χ0n) is 14.4. The molecule has 2 aromatic carbocycles. The molecule has 3 heterocycles. The average Bonchev–Trinajstić information content (AvgIpc) is 2.68. The van der Waals surface area contributed by atoms with Gasteiger partial charge in [0.05, 0.1) is 0 Å². The number of nitrogens with zero attached hydrogens (tertiary/aromatic N) is 1. The van der Waals surface area contributed by atoms with E-state index in [2.05, 4.69) is 11.0 Å². The summed E-state index contributed by atoms with van der Waals surface area (Å²) in [5, 5.41) is 11.6. The fraction of sp³-hybridized carbons (Fsp3) is 0.364. The van der Waals surface area contributed by atoms with Crippen molar-refractivity contribution in [3.63, 3.8) is 0 Å². The molecular weight excluding hydrogens is 330 g/mol. The van der Waals surface area contributed by atoms with Crippen LogP contribution in [0.2, 0.25) is 0 Å². The van der Waals surface area contributed by atoms with Gasteiger partial charge in [0, 0.05) is 6.54 Å². The third-order valence-corrected chi connectivity index (χ3v) is 5.72. The number of benzene rings is 2. The zero-order chi connectivity index (χ0) is 16.4. The highest BCUT2D eigenvalue weighted by Gasteiger charge is 2.34. The molecule has 3 fully saturated rings. The van der Waals surface area contributed by atoms with Crippen molar-refractivity contribution in [3.05, 3.63) is 83.9 Å². The first-order valence-corrected chi connectivity index (χ1v) is 9.01. The molecule has 0 radical (unpaired) electrons. The van der Waals surface area contributed by atoms with Crippen molar-refractivity contribution >= 4 is 12.4 Å². The fourth-order valence-corrected chi connectivity index (χ4v) is 4.24. The molecule has 0 amide bonds. The van der Waals surface area contributed by atoms with E-state index in [4.69, 9.17) is 0 Å². The van der Waals surface area contributed by atoms with Gasteiger partial charge in [-0.2, -0.15) is 0 Å². The number of aliphatic hydroxyl groups is 1. The largest absolute Gasteiger partial charge is 0.377 e. The van der Waals surface area contributed by atoms with Crippen LogP contribution < -0.4 is 0 Å². The Labute approximate surface area is 156 Å². The summed E-state index contributed by atoms with van der Waals surface area (Å²) < 4.78 is 0. The van der Waals surface area contributed by atoms with Gasteiger partial charge in [0.15, 0.2) is 0 Å². The Morgan fingerprint density at radius 2 is 1.40 bits per heavy atom. The minimum absolute atomic E-state index is 0. The Balaban J connectivity index is 0.00000182. The van der Waals surface area contributed by atoms with Crippen LogP contribution in [-0.2, 0) is 5.60 Å². The van der Waals surface area contributed by atoms with Crippen molar-refractivity contribution < 1.29 is 5.11 Å². The molecule has 5 rings (SSSR count).